The first-order chi connectivity index (χ1) is 11.1. The Kier molecular flexibility index (Phi) is 4.15. The molecule has 1 aromatic heterocycles. The number of carbonyl (C=O) groups excluding carboxylic acids is 1. The number of rotatable bonds is 4. The molecule has 0 aliphatic carbocycles. The smallest absolute Gasteiger partial charge is 0.227 e. The summed E-state index contributed by atoms with van der Waals surface area (Å²) in [6.07, 6.45) is 0.0355. The van der Waals surface area contributed by atoms with E-state index < -0.39 is 0 Å². The van der Waals surface area contributed by atoms with Crippen LogP contribution in [0.3, 0.4) is 0 Å². The van der Waals surface area contributed by atoms with Gasteiger partial charge in [0.2, 0.25) is 5.91 Å². The number of halogens is 1. The molecule has 0 aliphatic heterocycles. The predicted octanol–water partition coefficient (Wildman–Crippen LogP) is 4.33. The highest BCUT2D eigenvalue weighted by molar-refractivity contribution is 5.80. The number of amides is 1. The van der Waals surface area contributed by atoms with E-state index in [1.54, 1.807) is 30.1 Å². The lowest BCUT2D eigenvalue weighted by molar-refractivity contribution is -0.131. The average molecular weight is 311 g/mol. The Morgan fingerprint density at radius 1 is 1.17 bits per heavy atom. The lowest BCUT2D eigenvalue weighted by atomic mass is 10.1. The van der Waals surface area contributed by atoms with Crippen LogP contribution in [-0.4, -0.2) is 17.9 Å². The van der Waals surface area contributed by atoms with Crippen LogP contribution in [0.15, 0.2) is 59.0 Å². The normalized spacial score (nSPS) is 12.3. The van der Waals surface area contributed by atoms with Gasteiger partial charge in [0, 0.05) is 12.4 Å². The quantitative estimate of drug-likeness (QED) is 0.718. The second-order valence-corrected chi connectivity index (χ2v) is 5.64. The fraction of sp³-hybridized carbons (Fsp3) is 0.211. The maximum Gasteiger partial charge on any atom is 0.227 e. The zero-order valence-electron chi connectivity index (χ0n) is 13.1. The van der Waals surface area contributed by atoms with Crippen LogP contribution in [-0.2, 0) is 11.2 Å². The van der Waals surface area contributed by atoms with Crippen molar-refractivity contribution in [3.63, 3.8) is 0 Å². The Morgan fingerprint density at radius 3 is 2.61 bits per heavy atom. The van der Waals surface area contributed by atoms with Crippen molar-refractivity contribution >= 4 is 16.9 Å². The van der Waals surface area contributed by atoms with Gasteiger partial charge in [-0.1, -0.05) is 36.4 Å². The van der Waals surface area contributed by atoms with Crippen molar-refractivity contribution in [3.05, 3.63) is 71.7 Å². The Labute approximate surface area is 134 Å². The Hall–Kier alpha value is -2.62. The van der Waals surface area contributed by atoms with Gasteiger partial charge in [-0.25, -0.2) is 4.39 Å². The van der Waals surface area contributed by atoms with Gasteiger partial charge < -0.3 is 9.32 Å². The molecule has 2 aromatic carbocycles. The molecule has 0 unspecified atom stereocenters. The first kappa shape index (κ1) is 15.3. The molecule has 4 heteroatoms. The molecule has 0 saturated heterocycles. The molecule has 1 atom stereocenters. The number of benzene rings is 2. The molecule has 118 valence electrons. The van der Waals surface area contributed by atoms with Crippen LogP contribution >= 0.6 is 0 Å². The van der Waals surface area contributed by atoms with E-state index in [1.165, 1.54) is 6.07 Å². The standard InChI is InChI=1S/C19H18FNO2/c1-13(18-11-15-8-4-6-10-17(15)23-18)21(2)19(22)12-14-7-3-5-9-16(14)20/h3-11,13H,12H2,1-2H3/t13-/m1/s1. The predicted molar refractivity (Wildman–Crippen MR) is 87.5 cm³/mol. The van der Waals surface area contributed by atoms with Gasteiger partial charge in [-0.05, 0) is 30.7 Å². The number of fused-ring (bicyclic) bond motifs is 1. The van der Waals surface area contributed by atoms with Gasteiger partial charge in [0.15, 0.2) is 0 Å². The monoisotopic (exact) mass is 311 g/mol. The van der Waals surface area contributed by atoms with E-state index in [0.717, 1.165) is 16.7 Å². The molecule has 23 heavy (non-hydrogen) atoms. The molecule has 1 amide bonds. The summed E-state index contributed by atoms with van der Waals surface area (Å²) < 4.78 is 19.5. The van der Waals surface area contributed by atoms with E-state index in [0.29, 0.717) is 5.56 Å². The van der Waals surface area contributed by atoms with E-state index in [-0.39, 0.29) is 24.2 Å². The maximum absolute atomic E-state index is 13.7. The van der Waals surface area contributed by atoms with Gasteiger partial charge in [0.1, 0.15) is 17.2 Å². The molecule has 0 fully saturated rings. The van der Waals surface area contributed by atoms with Crippen LogP contribution < -0.4 is 0 Å². The molecular weight excluding hydrogens is 293 g/mol. The lowest BCUT2D eigenvalue weighted by Gasteiger charge is -2.23. The Bertz CT molecular complexity index is 807. The average Bonchev–Trinajstić information content (AvgIpc) is 2.99. The summed E-state index contributed by atoms with van der Waals surface area (Å²) in [5.41, 5.74) is 1.20. The number of likely N-dealkylation sites (N-methyl/N-ethyl adjacent to an activating group) is 1. The molecule has 1 heterocycles. The van der Waals surface area contributed by atoms with Crippen molar-refractivity contribution in [2.24, 2.45) is 0 Å². The van der Waals surface area contributed by atoms with E-state index in [9.17, 15) is 9.18 Å². The van der Waals surface area contributed by atoms with Crippen LogP contribution in [0.2, 0.25) is 0 Å². The SMILES string of the molecule is C[C@H](c1cc2ccccc2o1)N(C)C(=O)Cc1ccccc1F. The molecular formula is C19H18FNO2. The van der Waals surface area contributed by atoms with Gasteiger partial charge in [-0.2, -0.15) is 0 Å². The highest BCUT2D eigenvalue weighted by Crippen LogP contribution is 2.27. The number of para-hydroxylation sites is 1. The minimum absolute atomic E-state index is 0.0355. The molecule has 0 saturated carbocycles. The van der Waals surface area contributed by atoms with Crippen LogP contribution in [0.5, 0.6) is 0 Å². The van der Waals surface area contributed by atoms with E-state index >= 15 is 0 Å². The largest absolute Gasteiger partial charge is 0.459 e. The second kappa shape index (κ2) is 6.24. The fourth-order valence-corrected chi connectivity index (χ4v) is 2.54. The lowest BCUT2D eigenvalue weighted by Crippen LogP contribution is -2.31. The fourth-order valence-electron chi connectivity index (χ4n) is 2.54. The number of carbonyl (C=O) groups is 1. The van der Waals surface area contributed by atoms with Crippen molar-refractivity contribution in [1.29, 1.82) is 0 Å². The van der Waals surface area contributed by atoms with Crippen molar-refractivity contribution in [1.82, 2.24) is 4.90 Å². The Balaban J connectivity index is 1.77. The van der Waals surface area contributed by atoms with Gasteiger partial charge in [-0.3, -0.25) is 4.79 Å². The maximum atomic E-state index is 13.7. The molecule has 0 aliphatic rings. The highest BCUT2D eigenvalue weighted by Gasteiger charge is 2.21. The summed E-state index contributed by atoms with van der Waals surface area (Å²) in [6, 6.07) is 15.8. The van der Waals surface area contributed by atoms with E-state index in [4.69, 9.17) is 4.42 Å². The van der Waals surface area contributed by atoms with Gasteiger partial charge in [-0.15, -0.1) is 0 Å². The molecule has 3 nitrogen and oxygen atoms in total. The molecule has 0 bridgehead atoms. The number of furan rings is 1. The second-order valence-electron chi connectivity index (χ2n) is 5.64. The third-order valence-corrected chi connectivity index (χ3v) is 4.13. The highest BCUT2D eigenvalue weighted by atomic mass is 19.1. The van der Waals surface area contributed by atoms with Crippen LogP contribution in [0.4, 0.5) is 4.39 Å². The van der Waals surface area contributed by atoms with Crippen LogP contribution in [0.1, 0.15) is 24.3 Å². The summed E-state index contributed by atoms with van der Waals surface area (Å²) in [4.78, 5) is 14.0. The summed E-state index contributed by atoms with van der Waals surface area (Å²) in [6.45, 7) is 1.90. The zero-order valence-corrected chi connectivity index (χ0v) is 13.1. The molecule has 3 rings (SSSR count). The minimum Gasteiger partial charge on any atom is -0.459 e. The first-order valence-corrected chi connectivity index (χ1v) is 7.54. The van der Waals surface area contributed by atoms with Crippen LogP contribution in [0.25, 0.3) is 11.0 Å². The summed E-state index contributed by atoms with van der Waals surface area (Å²) >= 11 is 0. The van der Waals surface area contributed by atoms with Gasteiger partial charge in [0.25, 0.3) is 0 Å². The molecule has 0 spiro atoms. The number of hydrogen-bond acceptors (Lipinski definition) is 2. The van der Waals surface area contributed by atoms with Crippen molar-refractivity contribution in [2.45, 2.75) is 19.4 Å². The summed E-state index contributed by atoms with van der Waals surface area (Å²) in [5, 5.41) is 1.00. The third-order valence-electron chi connectivity index (χ3n) is 4.13. The number of hydrogen-bond donors (Lipinski definition) is 0. The topological polar surface area (TPSA) is 33.5 Å². The zero-order chi connectivity index (χ0) is 16.4. The molecule has 3 aromatic rings. The summed E-state index contributed by atoms with van der Waals surface area (Å²) in [7, 11) is 1.71. The van der Waals surface area contributed by atoms with E-state index in [1.807, 2.05) is 37.3 Å². The van der Waals surface area contributed by atoms with Crippen molar-refractivity contribution < 1.29 is 13.6 Å². The third kappa shape index (κ3) is 3.11. The van der Waals surface area contributed by atoms with Crippen molar-refractivity contribution in [2.75, 3.05) is 7.05 Å². The van der Waals surface area contributed by atoms with Gasteiger partial charge in [0.05, 0.1) is 12.5 Å². The summed E-state index contributed by atoms with van der Waals surface area (Å²) in [5.74, 6) is 0.212. The van der Waals surface area contributed by atoms with Crippen LogP contribution in [0, 0.1) is 5.82 Å². The molecule has 0 N–H and O–H groups in total. The number of nitrogens with zero attached hydrogens (tertiary/aromatic N) is 1. The first-order valence-electron chi connectivity index (χ1n) is 7.54. The Morgan fingerprint density at radius 2 is 1.87 bits per heavy atom. The molecule has 0 radical (unpaired) electrons. The van der Waals surface area contributed by atoms with Crippen molar-refractivity contribution in [3.8, 4) is 0 Å². The van der Waals surface area contributed by atoms with E-state index in [2.05, 4.69) is 0 Å². The van der Waals surface area contributed by atoms with Gasteiger partial charge >= 0.3 is 0 Å². The minimum atomic E-state index is -0.356.